The number of fused-ring (bicyclic) bond motifs is 1. The number of nitrogens with one attached hydrogen (secondary N) is 2. The Balaban J connectivity index is 1.54. The minimum Gasteiger partial charge on any atom is -0.370 e. The molecule has 2 amide bonds. The van der Waals surface area contributed by atoms with Crippen LogP contribution in [0.5, 0.6) is 0 Å². The predicted octanol–water partition coefficient (Wildman–Crippen LogP) is 4.91. The van der Waals surface area contributed by atoms with E-state index >= 15 is 0 Å². The zero-order valence-electron chi connectivity index (χ0n) is 20.9. The number of amides is 2. The number of urea groups is 1. The number of carbonyl (C=O) groups is 2. The fraction of sp³-hybridized carbons (Fsp3) is 0.321. The molecule has 0 radical (unpaired) electrons. The van der Waals surface area contributed by atoms with Crippen LogP contribution in [0.2, 0.25) is 0 Å². The molecule has 0 aliphatic carbocycles. The molecule has 0 aromatic heterocycles. The van der Waals surface area contributed by atoms with Crippen molar-refractivity contribution >= 4 is 34.7 Å². The van der Waals surface area contributed by atoms with E-state index in [-0.39, 0.29) is 6.03 Å². The Hall–Kier alpha value is -3.87. The summed E-state index contributed by atoms with van der Waals surface area (Å²) in [7, 11) is 1.85. The van der Waals surface area contributed by atoms with Gasteiger partial charge in [-0.25, -0.2) is 9.79 Å². The summed E-state index contributed by atoms with van der Waals surface area (Å²) >= 11 is 0. The van der Waals surface area contributed by atoms with Gasteiger partial charge in [-0.2, -0.15) is 0 Å². The van der Waals surface area contributed by atoms with E-state index in [1.54, 1.807) is 6.92 Å². The molecule has 0 aliphatic heterocycles. The molecule has 1 atom stereocenters. The van der Waals surface area contributed by atoms with Gasteiger partial charge in [-0.1, -0.05) is 74.5 Å². The molecule has 0 spiro atoms. The molecule has 184 valence electrons. The van der Waals surface area contributed by atoms with E-state index in [1.807, 2.05) is 78.7 Å². The number of aldehydes is 1. The molecule has 0 aliphatic rings. The summed E-state index contributed by atoms with van der Waals surface area (Å²) in [5.74, 6) is 0.665. The lowest BCUT2D eigenvalue weighted by molar-refractivity contribution is -0.112. The molecule has 0 fully saturated rings. The number of aliphatic imine (C=N–C) groups is 1. The second-order valence-corrected chi connectivity index (χ2v) is 9.55. The summed E-state index contributed by atoms with van der Waals surface area (Å²) in [5.41, 5.74) is 8.15. The Morgan fingerprint density at radius 3 is 2.40 bits per heavy atom. The molecule has 3 aromatic rings. The van der Waals surface area contributed by atoms with Crippen LogP contribution in [0.4, 0.5) is 10.5 Å². The Morgan fingerprint density at radius 2 is 1.71 bits per heavy atom. The number of nitrogens with two attached hydrogens (primary N) is 1. The second kappa shape index (κ2) is 11.5. The lowest BCUT2D eigenvalue weighted by atomic mass is 9.93. The van der Waals surface area contributed by atoms with E-state index in [1.165, 1.54) is 0 Å². The van der Waals surface area contributed by atoms with E-state index in [0.717, 1.165) is 33.9 Å². The number of hydrogen-bond donors (Lipinski definition) is 3. The molecular formula is C28H35N5O2. The van der Waals surface area contributed by atoms with Gasteiger partial charge in [-0.05, 0) is 41.8 Å². The Morgan fingerprint density at radius 1 is 1.06 bits per heavy atom. The highest BCUT2D eigenvalue weighted by Crippen LogP contribution is 2.23. The van der Waals surface area contributed by atoms with Gasteiger partial charge in [0.1, 0.15) is 11.8 Å². The van der Waals surface area contributed by atoms with Gasteiger partial charge < -0.3 is 26.1 Å². The van der Waals surface area contributed by atoms with Crippen LogP contribution in [0.15, 0.2) is 71.7 Å². The van der Waals surface area contributed by atoms with Crippen molar-refractivity contribution in [2.45, 2.75) is 45.8 Å². The quantitative estimate of drug-likeness (QED) is 0.233. The highest BCUT2D eigenvalue weighted by Gasteiger charge is 2.25. The predicted molar refractivity (Wildman–Crippen MR) is 143 cm³/mol. The third-order valence-corrected chi connectivity index (χ3v) is 5.77. The number of anilines is 1. The van der Waals surface area contributed by atoms with Crippen molar-refractivity contribution in [2.75, 3.05) is 12.4 Å². The van der Waals surface area contributed by atoms with Gasteiger partial charge in [0.2, 0.25) is 0 Å². The van der Waals surface area contributed by atoms with Gasteiger partial charge in [0.15, 0.2) is 5.96 Å². The maximum Gasteiger partial charge on any atom is 0.319 e. The number of hydrogen-bond acceptors (Lipinski definition) is 3. The zero-order valence-corrected chi connectivity index (χ0v) is 20.9. The first-order chi connectivity index (χ1) is 16.7. The molecule has 0 saturated heterocycles. The molecule has 7 heteroatoms. The number of rotatable bonds is 9. The van der Waals surface area contributed by atoms with Crippen molar-refractivity contribution in [1.29, 1.82) is 0 Å². The van der Waals surface area contributed by atoms with E-state index in [9.17, 15) is 9.59 Å². The normalized spacial score (nSPS) is 13.3. The van der Waals surface area contributed by atoms with E-state index < -0.39 is 5.54 Å². The van der Waals surface area contributed by atoms with Crippen LogP contribution in [-0.4, -0.2) is 35.8 Å². The van der Waals surface area contributed by atoms with Crippen LogP contribution in [0.1, 0.15) is 38.3 Å². The van der Waals surface area contributed by atoms with Crippen molar-refractivity contribution in [3.8, 4) is 0 Å². The van der Waals surface area contributed by atoms with Gasteiger partial charge in [-0.15, -0.1) is 0 Å². The average molecular weight is 474 g/mol. The van der Waals surface area contributed by atoms with E-state index in [2.05, 4.69) is 29.5 Å². The van der Waals surface area contributed by atoms with Crippen molar-refractivity contribution in [2.24, 2.45) is 16.6 Å². The fourth-order valence-electron chi connectivity index (χ4n) is 4.09. The van der Waals surface area contributed by atoms with Gasteiger partial charge in [-0.3, -0.25) is 0 Å². The third-order valence-electron chi connectivity index (χ3n) is 5.77. The SMILES string of the molecule is CC(C)CC(C)(C=O)N=C(N)N(C)Cc1ccc(CNC(=O)Nc2cccc3ccccc23)cc1. The summed E-state index contributed by atoms with van der Waals surface area (Å²) in [6.45, 7) is 6.88. The largest absolute Gasteiger partial charge is 0.370 e. The minimum absolute atomic E-state index is 0.256. The van der Waals surface area contributed by atoms with Crippen molar-refractivity contribution < 1.29 is 9.59 Å². The number of carbonyl (C=O) groups excluding carboxylic acids is 2. The maximum atomic E-state index is 12.4. The van der Waals surface area contributed by atoms with Crippen LogP contribution >= 0.6 is 0 Å². The standard InChI is InChI=1S/C28H35N5O2/c1-20(2)16-28(3,19-34)32-26(29)33(4)18-22-14-12-21(13-15-22)17-30-27(35)31-25-11-7-9-23-8-5-6-10-24(23)25/h5-15,19-20H,16-18H2,1-4H3,(H2,29,32)(H2,30,31,35). The Kier molecular flexibility index (Phi) is 8.47. The molecule has 7 nitrogen and oxygen atoms in total. The number of benzene rings is 3. The highest BCUT2D eigenvalue weighted by atomic mass is 16.2. The van der Waals surface area contributed by atoms with Gasteiger partial charge >= 0.3 is 6.03 Å². The van der Waals surface area contributed by atoms with E-state index in [4.69, 9.17) is 5.73 Å². The third kappa shape index (κ3) is 7.30. The number of guanidine groups is 1. The van der Waals surface area contributed by atoms with Crippen molar-refractivity contribution in [3.05, 3.63) is 77.9 Å². The lowest BCUT2D eigenvalue weighted by Crippen LogP contribution is -2.38. The minimum atomic E-state index is -0.825. The topological polar surface area (TPSA) is 99.8 Å². The van der Waals surface area contributed by atoms with Crippen molar-refractivity contribution in [3.63, 3.8) is 0 Å². The maximum absolute atomic E-state index is 12.4. The van der Waals surface area contributed by atoms with E-state index in [0.29, 0.717) is 31.4 Å². The molecule has 4 N–H and O–H groups in total. The molecule has 3 rings (SSSR count). The summed E-state index contributed by atoms with van der Waals surface area (Å²) in [5, 5.41) is 7.91. The van der Waals surface area contributed by atoms with Crippen LogP contribution < -0.4 is 16.4 Å². The smallest absolute Gasteiger partial charge is 0.319 e. The lowest BCUT2D eigenvalue weighted by Gasteiger charge is -2.25. The Bertz CT molecular complexity index is 1180. The first-order valence-corrected chi connectivity index (χ1v) is 11.8. The Labute approximate surface area is 207 Å². The second-order valence-electron chi connectivity index (χ2n) is 9.55. The summed E-state index contributed by atoms with van der Waals surface area (Å²) in [4.78, 5) is 30.3. The van der Waals surface area contributed by atoms with Crippen LogP contribution in [0.3, 0.4) is 0 Å². The zero-order chi connectivity index (χ0) is 25.4. The monoisotopic (exact) mass is 473 g/mol. The molecule has 35 heavy (non-hydrogen) atoms. The molecule has 0 bridgehead atoms. The van der Waals surface area contributed by atoms with Gasteiger partial charge in [0.25, 0.3) is 0 Å². The number of nitrogens with zero attached hydrogens (tertiary/aromatic N) is 2. The fourth-order valence-corrected chi connectivity index (χ4v) is 4.09. The molecule has 1 unspecified atom stereocenters. The molecule has 3 aromatic carbocycles. The van der Waals surface area contributed by atoms with Crippen LogP contribution in [0.25, 0.3) is 10.8 Å². The van der Waals surface area contributed by atoms with Gasteiger partial charge in [0.05, 0.1) is 5.69 Å². The molecule has 0 saturated carbocycles. The first kappa shape index (κ1) is 25.7. The van der Waals surface area contributed by atoms with Crippen LogP contribution in [-0.2, 0) is 17.9 Å². The molecule has 0 heterocycles. The highest BCUT2D eigenvalue weighted by molar-refractivity contribution is 6.01. The summed E-state index contributed by atoms with van der Waals surface area (Å²) < 4.78 is 0. The van der Waals surface area contributed by atoms with Crippen LogP contribution in [0, 0.1) is 5.92 Å². The molecular weight excluding hydrogens is 438 g/mol. The summed E-state index contributed by atoms with van der Waals surface area (Å²) in [6.07, 6.45) is 1.51. The average Bonchev–Trinajstić information content (AvgIpc) is 2.83. The summed E-state index contributed by atoms with van der Waals surface area (Å²) in [6, 6.07) is 21.5. The van der Waals surface area contributed by atoms with Crippen molar-refractivity contribution in [1.82, 2.24) is 10.2 Å². The first-order valence-electron chi connectivity index (χ1n) is 11.8. The van der Waals surface area contributed by atoms with Gasteiger partial charge in [0, 0.05) is 25.5 Å².